The van der Waals surface area contributed by atoms with E-state index in [9.17, 15) is 15.0 Å². The van der Waals surface area contributed by atoms with E-state index in [1.807, 2.05) is 0 Å². The summed E-state index contributed by atoms with van der Waals surface area (Å²) in [5.74, 6) is -0.908. The van der Waals surface area contributed by atoms with E-state index in [0.717, 1.165) is 5.56 Å². The summed E-state index contributed by atoms with van der Waals surface area (Å²) in [7, 11) is 0. The predicted octanol–water partition coefficient (Wildman–Crippen LogP) is 2.06. The molecule has 0 spiro atoms. The average Bonchev–Trinajstić information content (AvgIpc) is 2.26. The van der Waals surface area contributed by atoms with Crippen molar-refractivity contribution >= 4 is 21.9 Å². The third-order valence-electron chi connectivity index (χ3n) is 2.14. The van der Waals surface area contributed by atoms with Crippen LogP contribution in [0.3, 0.4) is 0 Å². The first-order chi connectivity index (χ1) is 7.49. The Morgan fingerprint density at radius 1 is 1.56 bits per heavy atom. The van der Waals surface area contributed by atoms with Crippen molar-refractivity contribution in [1.82, 2.24) is 0 Å². The van der Waals surface area contributed by atoms with Gasteiger partial charge in [-0.2, -0.15) is 0 Å². The minimum atomic E-state index is -1.46. The van der Waals surface area contributed by atoms with Crippen LogP contribution in [-0.2, 0) is 9.53 Å². The van der Waals surface area contributed by atoms with Gasteiger partial charge in [0.15, 0.2) is 6.10 Å². The fraction of sp³-hybridized carbons (Fsp3) is 0.364. The number of aromatic hydroxyl groups is 1. The minimum Gasteiger partial charge on any atom is -0.506 e. The number of phenols is 1. The minimum absolute atomic E-state index is 0.135. The monoisotopic (exact) mass is 288 g/mol. The first kappa shape index (κ1) is 13.0. The third kappa shape index (κ3) is 2.54. The fourth-order valence-electron chi connectivity index (χ4n) is 1.25. The van der Waals surface area contributed by atoms with Crippen LogP contribution in [0.2, 0.25) is 0 Å². The summed E-state index contributed by atoms with van der Waals surface area (Å²) in [5, 5.41) is 19.4. The smallest absolute Gasteiger partial charge is 0.339 e. The highest BCUT2D eigenvalue weighted by atomic mass is 79.9. The molecule has 88 valence electrons. The molecule has 0 saturated carbocycles. The maximum absolute atomic E-state index is 11.3. The Morgan fingerprint density at radius 2 is 2.19 bits per heavy atom. The van der Waals surface area contributed by atoms with E-state index in [2.05, 4.69) is 20.7 Å². The largest absolute Gasteiger partial charge is 0.506 e. The van der Waals surface area contributed by atoms with E-state index >= 15 is 0 Å². The molecule has 1 unspecified atom stereocenters. The number of hydrogen-bond donors (Lipinski definition) is 2. The lowest BCUT2D eigenvalue weighted by molar-refractivity contribution is -0.153. The zero-order valence-electron chi connectivity index (χ0n) is 9.03. The number of carbonyl (C=O) groups excluding carboxylic acids is 1. The van der Waals surface area contributed by atoms with Crippen molar-refractivity contribution in [1.29, 1.82) is 0 Å². The second kappa shape index (κ2) is 5.32. The molecular formula is C11H13BrO4. The van der Waals surface area contributed by atoms with E-state index in [1.54, 1.807) is 19.9 Å². The Kier molecular flexibility index (Phi) is 4.32. The van der Waals surface area contributed by atoms with Crippen molar-refractivity contribution in [2.45, 2.75) is 20.0 Å². The Morgan fingerprint density at radius 3 is 2.75 bits per heavy atom. The van der Waals surface area contributed by atoms with Gasteiger partial charge >= 0.3 is 5.97 Å². The molecule has 1 aromatic rings. The van der Waals surface area contributed by atoms with E-state index in [0.29, 0.717) is 4.47 Å². The Hall–Kier alpha value is -1.07. The number of carbonyl (C=O) groups is 1. The zero-order chi connectivity index (χ0) is 12.3. The molecule has 1 atom stereocenters. The van der Waals surface area contributed by atoms with Crippen LogP contribution in [0.4, 0.5) is 0 Å². The molecule has 1 aromatic carbocycles. The molecule has 0 amide bonds. The lowest BCUT2D eigenvalue weighted by Crippen LogP contribution is -2.15. The standard InChI is InChI=1S/C11H13BrO4/c1-3-16-11(15)10(14)7-5-4-6(2)8(12)9(7)13/h4-5,10,13-14H,3H2,1-2H3. The fourth-order valence-corrected chi connectivity index (χ4v) is 1.61. The molecule has 2 N–H and O–H groups in total. The number of rotatable bonds is 3. The predicted molar refractivity (Wildman–Crippen MR) is 62.1 cm³/mol. The van der Waals surface area contributed by atoms with E-state index in [-0.39, 0.29) is 17.9 Å². The summed E-state index contributed by atoms with van der Waals surface area (Å²) >= 11 is 3.17. The van der Waals surface area contributed by atoms with Gasteiger partial charge in [0.25, 0.3) is 0 Å². The van der Waals surface area contributed by atoms with Gasteiger partial charge in [-0.3, -0.25) is 0 Å². The van der Waals surface area contributed by atoms with Gasteiger partial charge in [-0.05, 0) is 35.3 Å². The van der Waals surface area contributed by atoms with Gasteiger partial charge in [0.05, 0.1) is 11.1 Å². The van der Waals surface area contributed by atoms with Gasteiger partial charge in [0, 0.05) is 5.56 Å². The summed E-state index contributed by atoms with van der Waals surface area (Å²) < 4.78 is 5.13. The van der Waals surface area contributed by atoms with Crippen molar-refractivity contribution in [3.8, 4) is 5.75 Å². The van der Waals surface area contributed by atoms with E-state index in [1.165, 1.54) is 6.07 Å². The molecule has 0 aromatic heterocycles. The van der Waals surface area contributed by atoms with Gasteiger partial charge in [-0.15, -0.1) is 0 Å². The van der Waals surface area contributed by atoms with E-state index in [4.69, 9.17) is 0 Å². The van der Waals surface area contributed by atoms with Gasteiger partial charge in [-0.25, -0.2) is 4.79 Å². The third-order valence-corrected chi connectivity index (χ3v) is 3.15. The van der Waals surface area contributed by atoms with Crippen molar-refractivity contribution < 1.29 is 19.7 Å². The number of aryl methyl sites for hydroxylation is 1. The highest BCUT2D eigenvalue weighted by Gasteiger charge is 2.23. The molecular weight excluding hydrogens is 276 g/mol. The second-order valence-electron chi connectivity index (χ2n) is 3.29. The number of ether oxygens (including phenoxy) is 1. The molecule has 5 heteroatoms. The van der Waals surface area contributed by atoms with Crippen LogP contribution in [0, 0.1) is 6.92 Å². The summed E-state index contributed by atoms with van der Waals surface area (Å²) in [5.41, 5.74) is 0.952. The molecule has 0 radical (unpaired) electrons. The Balaban J connectivity index is 3.05. The van der Waals surface area contributed by atoms with Crippen molar-refractivity contribution in [2.24, 2.45) is 0 Å². The van der Waals surface area contributed by atoms with Gasteiger partial charge < -0.3 is 14.9 Å². The van der Waals surface area contributed by atoms with Gasteiger partial charge in [0.1, 0.15) is 5.75 Å². The first-order valence-corrected chi connectivity index (χ1v) is 5.61. The molecule has 0 heterocycles. The molecule has 16 heavy (non-hydrogen) atoms. The van der Waals surface area contributed by atoms with Crippen LogP contribution in [0.25, 0.3) is 0 Å². The lowest BCUT2D eigenvalue weighted by atomic mass is 10.1. The highest BCUT2D eigenvalue weighted by Crippen LogP contribution is 2.34. The molecule has 0 aliphatic heterocycles. The summed E-state index contributed by atoms with van der Waals surface area (Å²) in [6.07, 6.45) is -1.46. The SMILES string of the molecule is CCOC(=O)C(O)c1ccc(C)c(Br)c1O. The number of aliphatic hydroxyl groups excluding tert-OH is 1. The Bertz CT molecular complexity index is 403. The summed E-state index contributed by atoms with van der Waals surface area (Å²) in [6.45, 7) is 3.63. The normalized spacial score (nSPS) is 12.2. The maximum Gasteiger partial charge on any atom is 0.339 e. The molecule has 0 bridgehead atoms. The topological polar surface area (TPSA) is 66.8 Å². The van der Waals surface area contributed by atoms with Crippen LogP contribution < -0.4 is 0 Å². The average molecular weight is 289 g/mol. The number of phenolic OH excluding ortho intramolecular Hbond substituents is 1. The molecule has 0 saturated heterocycles. The maximum atomic E-state index is 11.3. The van der Waals surface area contributed by atoms with E-state index < -0.39 is 12.1 Å². The molecule has 4 nitrogen and oxygen atoms in total. The van der Waals surface area contributed by atoms with Crippen molar-refractivity contribution in [3.05, 3.63) is 27.7 Å². The summed E-state index contributed by atoms with van der Waals surface area (Å²) in [4.78, 5) is 11.3. The first-order valence-electron chi connectivity index (χ1n) is 4.81. The molecule has 1 rings (SSSR count). The van der Waals surface area contributed by atoms with Crippen LogP contribution in [-0.4, -0.2) is 22.8 Å². The quantitative estimate of drug-likeness (QED) is 0.836. The van der Waals surface area contributed by atoms with Gasteiger partial charge in [-0.1, -0.05) is 12.1 Å². The lowest BCUT2D eigenvalue weighted by Gasteiger charge is -2.13. The second-order valence-corrected chi connectivity index (χ2v) is 4.08. The van der Waals surface area contributed by atoms with Gasteiger partial charge in [0.2, 0.25) is 0 Å². The number of esters is 1. The summed E-state index contributed by atoms with van der Waals surface area (Å²) in [6, 6.07) is 3.19. The van der Waals surface area contributed by atoms with Crippen molar-refractivity contribution in [2.75, 3.05) is 6.61 Å². The van der Waals surface area contributed by atoms with Crippen LogP contribution in [0.5, 0.6) is 5.75 Å². The number of hydrogen-bond acceptors (Lipinski definition) is 4. The Labute approximate surface area is 102 Å². The number of halogens is 1. The molecule has 0 aliphatic carbocycles. The van der Waals surface area contributed by atoms with Crippen molar-refractivity contribution in [3.63, 3.8) is 0 Å². The zero-order valence-corrected chi connectivity index (χ0v) is 10.6. The number of benzene rings is 1. The highest BCUT2D eigenvalue weighted by molar-refractivity contribution is 9.10. The van der Waals surface area contributed by atoms with Crippen LogP contribution in [0.1, 0.15) is 24.2 Å². The van der Waals surface area contributed by atoms with Crippen LogP contribution in [0.15, 0.2) is 16.6 Å². The van der Waals surface area contributed by atoms with Crippen LogP contribution >= 0.6 is 15.9 Å². The molecule has 0 aliphatic rings. The number of aliphatic hydroxyl groups is 1. The molecule has 0 fully saturated rings.